The second kappa shape index (κ2) is 9.77. The first-order valence-electron chi connectivity index (χ1n) is 8.66. The van der Waals surface area contributed by atoms with Gasteiger partial charge in [0, 0.05) is 12.6 Å². The lowest BCUT2D eigenvalue weighted by Crippen LogP contribution is -2.51. The van der Waals surface area contributed by atoms with E-state index in [1.165, 1.54) is 64.2 Å². The fraction of sp³-hybridized carbons (Fsp3) is 1.00. The Labute approximate surface area is 120 Å². The Morgan fingerprint density at radius 1 is 1.00 bits per heavy atom. The maximum atomic E-state index is 6.22. The number of likely N-dealkylation sites (N-methyl/N-ethyl adjacent to an activating group) is 1. The highest BCUT2D eigenvalue weighted by Gasteiger charge is 2.41. The van der Waals surface area contributed by atoms with Crippen LogP contribution in [0, 0.1) is 0 Å². The fourth-order valence-corrected chi connectivity index (χ4v) is 3.60. The molecule has 1 rings (SSSR count). The van der Waals surface area contributed by atoms with Gasteiger partial charge < -0.3 is 10.1 Å². The minimum atomic E-state index is 0.148. The zero-order valence-corrected chi connectivity index (χ0v) is 13.5. The summed E-state index contributed by atoms with van der Waals surface area (Å²) in [5.74, 6) is 0. The number of nitrogens with one attached hydrogen (secondary N) is 1. The van der Waals surface area contributed by atoms with Crippen LogP contribution in [0.4, 0.5) is 0 Å². The summed E-state index contributed by atoms with van der Waals surface area (Å²) in [4.78, 5) is 0. The second-order valence-corrected chi connectivity index (χ2v) is 6.02. The van der Waals surface area contributed by atoms with Crippen LogP contribution in [0.25, 0.3) is 0 Å². The Morgan fingerprint density at radius 2 is 1.68 bits per heavy atom. The molecule has 1 fully saturated rings. The molecule has 0 radical (unpaired) electrons. The number of hydrogen-bond donors (Lipinski definition) is 1. The van der Waals surface area contributed by atoms with Crippen LogP contribution in [0.3, 0.4) is 0 Å². The van der Waals surface area contributed by atoms with Crippen molar-refractivity contribution in [3.05, 3.63) is 0 Å². The van der Waals surface area contributed by atoms with E-state index in [2.05, 4.69) is 26.1 Å². The Balaban J connectivity index is 2.44. The van der Waals surface area contributed by atoms with Crippen LogP contribution in [0.1, 0.15) is 85.0 Å². The summed E-state index contributed by atoms with van der Waals surface area (Å²) in [6, 6.07) is 0.571. The lowest BCUT2D eigenvalue weighted by molar-refractivity contribution is -0.0633. The van der Waals surface area contributed by atoms with Gasteiger partial charge in [-0.25, -0.2) is 0 Å². The summed E-state index contributed by atoms with van der Waals surface area (Å²) in [6.45, 7) is 8.57. The van der Waals surface area contributed by atoms with Crippen molar-refractivity contribution < 1.29 is 4.74 Å². The Kier molecular flexibility index (Phi) is 8.72. The third kappa shape index (κ3) is 5.43. The van der Waals surface area contributed by atoms with Gasteiger partial charge in [-0.05, 0) is 32.7 Å². The first kappa shape index (κ1) is 17.0. The van der Waals surface area contributed by atoms with Crippen molar-refractivity contribution in [3.8, 4) is 0 Å². The van der Waals surface area contributed by atoms with E-state index in [0.29, 0.717) is 6.04 Å². The monoisotopic (exact) mass is 269 g/mol. The van der Waals surface area contributed by atoms with E-state index < -0.39 is 0 Å². The van der Waals surface area contributed by atoms with Gasteiger partial charge in [-0.2, -0.15) is 0 Å². The third-order valence-electron chi connectivity index (χ3n) is 4.56. The van der Waals surface area contributed by atoms with Crippen molar-refractivity contribution in [2.45, 2.75) is 96.6 Å². The highest BCUT2D eigenvalue weighted by atomic mass is 16.5. The molecule has 0 aromatic heterocycles. The van der Waals surface area contributed by atoms with Crippen LogP contribution in [0.5, 0.6) is 0 Å². The molecule has 0 aliphatic heterocycles. The number of hydrogen-bond acceptors (Lipinski definition) is 2. The molecule has 0 aromatic carbocycles. The molecule has 19 heavy (non-hydrogen) atoms. The maximum Gasteiger partial charge on any atom is 0.0834 e. The van der Waals surface area contributed by atoms with Gasteiger partial charge in [0.1, 0.15) is 0 Å². The predicted octanol–water partition coefficient (Wildman–Crippen LogP) is 4.67. The van der Waals surface area contributed by atoms with E-state index in [1.54, 1.807) is 0 Å². The summed E-state index contributed by atoms with van der Waals surface area (Å²) in [5, 5.41) is 3.72. The van der Waals surface area contributed by atoms with E-state index >= 15 is 0 Å². The van der Waals surface area contributed by atoms with Crippen molar-refractivity contribution in [2.75, 3.05) is 13.2 Å². The number of rotatable bonds is 11. The highest BCUT2D eigenvalue weighted by Crippen LogP contribution is 2.38. The van der Waals surface area contributed by atoms with Gasteiger partial charge in [-0.15, -0.1) is 0 Å². The fourth-order valence-electron chi connectivity index (χ4n) is 3.60. The SMILES string of the molecule is CCCCCCCC(NCC)C1(OCC)CCCC1. The smallest absolute Gasteiger partial charge is 0.0834 e. The zero-order valence-electron chi connectivity index (χ0n) is 13.5. The van der Waals surface area contributed by atoms with Crippen LogP contribution < -0.4 is 5.32 Å². The van der Waals surface area contributed by atoms with Crippen molar-refractivity contribution in [3.63, 3.8) is 0 Å². The first-order chi connectivity index (χ1) is 9.29. The lowest BCUT2D eigenvalue weighted by atomic mass is 9.87. The molecule has 1 aliphatic carbocycles. The van der Waals surface area contributed by atoms with Gasteiger partial charge in [-0.3, -0.25) is 0 Å². The maximum absolute atomic E-state index is 6.22. The molecule has 114 valence electrons. The van der Waals surface area contributed by atoms with Crippen molar-refractivity contribution in [2.24, 2.45) is 0 Å². The summed E-state index contributed by atoms with van der Waals surface area (Å²) < 4.78 is 6.22. The molecule has 0 saturated heterocycles. The summed E-state index contributed by atoms with van der Waals surface area (Å²) in [7, 11) is 0. The Hall–Kier alpha value is -0.0800. The van der Waals surface area contributed by atoms with E-state index in [9.17, 15) is 0 Å². The Bertz CT molecular complexity index is 211. The van der Waals surface area contributed by atoms with E-state index in [4.69, 9.17) is 4.74 Å². The lowest BCUT2D eigenvalue weighted by Gasteiger charge is -2.38. The van der Waals surface area contributed by atoms with Crippen LogP contribution in [-0.2, 0) is 4.74 Å². The quantitative estimate of drug-likeness (QED) is 0.550. The molecule has 1 N–H and O–H groups in total. The van der Waals surface area contributed by atoms with Gasteiger partial charge in [0.05, 0.1) is 5.60 Å². The molecule has 0 bridgehead atoms. The van der Waals surface area contributed by atoms with Gasteiger partial charge in [0.25, 0.3) is 0 Å². The zero-order chi connectivity index (χ0) is 14.0. The van der Waals surface area contributed by atoms with Crippen LogP contribution in [0.15, 0.2) is 0 Å². The second-order valence-electron chi connectivity index (χ2n) is 6.02. The molecule has 2 nitrogen and oxygen atoms in total. The van der Waals surface area contributed by atoms with Crippen LogP contribution in [-0.4, -0.2) is 24.8 Å². The van der Waals surface area contributed by atoms with Crippen molar-refractivity contribution in [1.82, 2.24) is 5.32 Å². The molecule has 0 amide bonds. The summed E-state index contributed by atoms with van der Waals surface area (Å²) >= 11 is 0. The molecule has 1 atom stereocenters. The van der Waals surface area contributed by atoms with Gasteiger partial charge in [0.15, 0.2) is 0 Å². The van der Waals surface area contributed by atoms with Crippen LogP contribution in [0.2, 0.25) is 0 Å². The van der Waals surface area contributed by atoms with Gasteiger partial charge in [0.2, 0.25) is 0 Å². The first-order valence-corrected chi connectivity index (χ1v) is 8.66. The largest absolute Gasteiger partial charge is 0.374 e. The van der Waals surface area contributed by atoms with Crippen molar-refractivity contribution in [1.29, 1.82) is 0 Å². The van der Waals surface area contributed by atoms with Crippen molar-refractivity contribution >= 4 is 0 Å². The van der Waals surface area contributed by atoms with E-state index in [0.717, 1.165) is 13.2 Å². The normalized spacial score (nSPS) is 19.7. The molecule has 1 aliphatic rings. The topological polar surface area (TPSA) is 21.3 Å². The minimum absolute atomic E-state index is 0.148. The molecule has 1 unspecified atom stereocenters. The van der Waals surface area contributed by atoms with Crippen LogP contribution >= 0.6 is 0 Å². The standard InChI is InChI=1S/C17H35NO/c1-4-7-8-9-10-13-16(18-5-2)17(19-6-3)14-11-12-15-17/h16,18H,4-15H2,1-3H3. The van der Waals surface area contributed by atoms with Gasteiger partial charge in [-0.1, -0.05) is 58.8 Å². The third-order valence-corrected chi connectivity index (χ3v) is 4.56. The van der Waals surface area contributed by atoms with E-state index in [-0.39, 0.29) is 5.60 Å². The molecule has 0 spiro atoms. The van der Waals surface area contributed by atoms with E-state index in [1.807, 2.05) is 0 Å². The molecule has 2 heteroatoms. The molecular weight excluding hydrogens is 234 g/mol. The average molecular weight is 269 g/mol. The minimum Gasteiger partial charge on any atom is -0.374 e. The molecular formula is C17H35NO. The number of ether oxygens (including phenoxy) is 1. The molecule has 0 aromatic rings. The molecule has 1 saturated carbocycles. The average Bonchev–Trinajstić information content (AvgIpc) is 2.87. The highest BCUT2D eigenvalue weighted by molar-refractivity contribution is 4.96. The van der Waals surface area contributed by atoms with Gasteiger partial charge >= 0.3 is 0 Å². The summed E-state index contributed by atoms with van der Waals surface area (Å²) in [6.07, 6.45) is 13.4. The Morgan fingerprint density at radius 3 is 2.26 bits per heavy atom. The summed E-state index contributed by atoms with van der Waals surface area (Å²) in [5.41, 5.74) is 0.148. The molecule has 0 heterocycles. The predicted molar refractivity (Wildman–Crippen MR) is 83.7 cm³/mol. The number of unbranched alkanes of at least 4 members (excludes halogenated alkanes) is 4.